The van der Waals surface area contributed by atoms with Gasteiger partial charge in [0.25, 0.3) is 0 Å². The van der Waals surface area contributed by atoms with E-state index in [0.29, 0.717) is 12.0 Å². The maximum atomic E-state index is 11.3. The van der Waals surface area contributed by atoms with E-state index in [1.54, 1.807) is 0 Å². The first-order chi connectivity index (χ1) is 9.72. The fraction of sp³-hybridized carbons (Fsp3) is 0.733. The second-order valence-corrected chi connectivity index (χ2v) is 6.23. The van der Waals surface area contributed by atoms with Crippen molar-refractivity contribution in [1.82, 2.24) is 15.1 Å². The highest BCUT2D eigenvalue weighted by Crippen LogP contribution is 2.29. The van der Waals surface area contributed by atoms with E-state index in [-0.39, 0.29) is 11.9 Å². The Morgan fingerprint density at radius 2 is 2.20 bits per heavy atom. The lowest BCUT2D eigenvalue weighted by molar-refractivity contribution is -0.120. The number of amides is 1. The highest BCUT2D eigenvalue weighted by molar-refractivity contribution is 5.79. The third-order valence-electron chi connectivity index (χ3n) is 4.72. The van der Waals surface area contributed by atoms with Crippen molar-refractivity contribution < 1.29 is 4.79 Å². The van der Waals surface area contributed by atoms with E-state index in [0.717, 1.165) is 31.5 Å². The molecule has 1 saturated carbocycles. The zero-order valence-electron chi connectivity index (χ0n) is 11.9. The summed E-state index contributed by atoms with van der Waals surface area (Å²) < 4.78 is 2.15. The fourth-order valence-electron chi connectivity index (χ4n) is 3.55. The molecule has 3 N–H and O–H groups in total. The number of carbonyl (C=O) groups is 1. The molecule has 2 heterocycles. The van der Waals surface area contributed by atoms with Crippen molar-refractivity contribution in [3.8, 4) is 0 Å². The van der Waals surface area contributed by atoms with Crippen LogP contribution in [0.5, 0.6) is 0 Å². The third kappa shape index (κ3) is 3.03. The molecule has 1 aromatic heterocycles. The first-order valence-electron chi connectivity index (χ1n) is 7.79. The minimum atomic E-state index is -0.230. The molecule has 1 saturated heterocycles. The van der Waals surface area contributed by atoms with Gasteiger partial charge in [-0.3, -0.25) is 9.48 Å². The standard InChI is InChI=1S/C15H24N4O/c16-15(20)14-10-11(5-7-17-14)9-12-6-8-19(18-12)13-3-1-2-4-13/h6,8,11,13-14,17H,1-5,7,9-10H2,(H2,16,20). The number of hydrogen-bond donors (Lipinski definition) is 2. The van der Waals surface area contributed by atoms with Crippen LogP contribution in [0.1, 0.15) is 50.3 Å². The normalized spacial score (nSPS) is 27.8. The molecule has 110 valence electrons. The van der Waals surface area contributed by atoms with E-state index in [9.17, 15) is 4.79 Å². The monoisotopic (exact) mass is 276 g/mol. The molecule has 3 rings (SSSR count). The van der Waals surface area contributed by atoms with Crippen LogP contribution in [0.3, 0.4) is 0 Å². The van der Waals surface area contributed by atoms with Crippen LogP contribution in [0.15, 0.2) is 12.3 Å². The minimum absolute atomic E-state index is 0.161. The zero-order valence-corrected chi connectivity index (χ0v) is 11.9. The van der Waals surface area contributed by atoms with Gasteiger partial charge in [-0.15, -0.1) is 0 Å². The van der Waals surface area contributed by atoms with Crippen LogP contribution < -0.4 is 11.1 Å². The summed E-state index contributed by atoms with van der Waals surface area (Å²) in [6, 6.07) is 2.58. The summed E-state index contributed by atoms with van der Waals surface area (Å²) in [7, 11) is 0. The SMILES string of the molecule is NC(=O)C1CC(Cc2ccn(C3CCCC3)n2)CCN1. The second kappa shape index (κ2) is 5.95. The van der Waals surface area contributed by atoms with Gasteiger partial charge in [0.15, 0.2) is 0 Å². The number of primary amides is 1. The topological polar surface area (TPSA) is 72.9 Å². The van der Waals surface area contributed by atoms with Crippen molar-refractivity contribution in [2.24, 2.45) is 11.7 Å². The van der Waals surface area contributed by atoms with E-state index in [1.807, 2.05) is 0 Å². The molecule has 5 nitrogen and oxygen atoms in total. The van der Waals surface area contributed by atoms with Gasteiger partial charge in [0.1, 0.15) is 0 Å². The van der Waals surface area contributed by atoms with Crippen LogP contribution in [0.25, 0.3) is 0 Å². The summed E-state index contributed by atoms with van der Waals surface area (Å²) >= 11 is 0. The Bertz CT molecular complexity index is 464. The van der Waals surface area contributed by atoms with Gasteiger partial charge < -0.3 is 11.1 Å². The van der Waals surface area contributed by atoms with Crippen LogP contribution in [-0.2, 0) is 11.2 Å². The summed E-state index contributed by atoms with van der Waals surface area (Å²) in [6.45, 7) is 0.877. The molecular formula is C15H24N4O. The number of nitrogens with two attached hydrogens (primary N) is 1. The molecule has 20 heavy (non-hydrogen) atoms. The van der Waals surface area contributed by atoms with Crippen LogP contribution in [0.4, 0.5) is 0 Å². The van der Waals surface area contributed by atoms with Crippen LogP contribution in [0.2, 0.25) is 0 Å². The van der Waals surface area contributed by atoms with Gasteiger partial charge in [0.2, 0.25) is 5.91 Å². The quantitative estimate of drug-likeness (QED) is 0.873. The molecule has 1 aliphatic heterocycles. The van der Waals surface area contributed by atoms with Gasteiger partial charge in [-0.1, -0.05) is 12.8 Å². The summed E-state index contributed by atoms with van der Waals surface area (Å²) in [5.41, 5.74) is 6.55. The predicted octanol–water partition coefficient (Wildman–Crippen LogP) is 1.39. The Labute approximate surface area is 119 Å². The predicted molar refractivity (Wildman–Crippen MR) is 77.1 cm³/mol. The molecule has 2 fully saturated rings. The lowest BCUT2D eigenvalue weighted by Crippen LogP contribution is -2.47. The summed E-state index contributed by atoms with van der Waals surface area (Å²) in [6.07, 6.45) is 10.2. The fourth-order valence-corrected chi connectivity index (χ4v) is 3.55. The number of piperidine rings is 1. The number of carbonyl (C=O) groups excluding carboxylic acids is 1. The smallest absolute Gasteiger partial charge is 0.234 e. The lowest BCUT2D eigenvalue weighted by atomic mass is 9.88. The largest absolute Gasteiger partial charge is 0.368 e. The molecule has 0 aromatic carbocycles. The van der Waals surface area contributed by atoms with Crippen molar-refractivity contribution in [1.29, 1.82) is 0 Å². The Kier molecular flexibility index (Phi) is 4.05. The highest BCUT2D eigenvalue weighted by atomic mass is 16.1. The van der Waals surface area contributed by atoms with Crippen LogP contribution >= 0.6 is 0 Å². The van der Waals surface area contributed by atoms with Gasteiger partial charge >= 0.3 is 0 Å². The van der Waals surface area contributed by atoms with Gasteiger partial charge in [-0.05, 0) is 50.6 Å². The first-order valence-corrected chi connectivity index (χ1v) is 7.79. The Morgan fingerprint density at radius 3 is 2.95 bits per heavy atom. The van der Waals surface area contributed by atoms with Gasteiger partial charge in [-0.2, -0.15) is 5.10 Å². The number of nitrogens with zero attached hydrogens (tertiary/aromatic N) is 2. The van der Waals surface area contributed by atoms with Crippen molar-refractivity contribution in [2.75, 3.05) is 6.54 Å². The van der Waals surface area contributed by atoms with Gasteiger partial charge in [-0.25, -0.2) is 0 Å². The van der Waals surface area contributed by atoms with Gasteiger partial charge in [0.05, 0.1) is 17.8 Å². The molecule has 0 spiro atoms. The average molecular weight is 276 g/mol. The average Bonchev–Trinajstić information content (AvgIpc) is 3.09. The summed E-state index contributed by atoms with van der Waals surface area (Å²) in [5, 5.41) is 7.92. The van der Waals surface area contributed by atoms with Crippen molar-refractivity contribution in [2.45, 2.75) is 57.0 Å². The molecule has 1 aromatic rings. The Hall–Kier alpha value is -1.36. The molecule has 2 unspecified atom stereocenters. The molecule has 2 atom stereocenters. The van der Waals surface area contributed by atoms with Crippen LogP contribution in [0, 0.1) is 5.92 Å². The molecule has 0 bridgehead atoms. The van der Waals surface area contributed by atoms with Crippen molar-refractivity contribution in [3.63, 3.8) is 0 Å². The van der Waals surface area contributed by atoms with Crippen molar-refractivity contribution in [3.05, 3.63) is 18.0 Å². The molecule has 1 amide bonds. The maximum Gasteiger partial charge on any atom is 0.234 e. The Balaban J connectivity index is 1.58. The Morgan fingerprint density at radius 1 is 1.40 bits per heavy atom. The first kappa shape index (κ1) is 13.6. The number of aromatic nitrogens is 2. The number of hydrogen-bond acceptors (Lipinski definition) is 3. The van der Waals surface area contributed by atoms with E-state index < -0.39 is 0 Å². The maximum absolute atomic E-state index is 11.3. The van der Waals surface area contributed by atoms with E-state index in [2.05, 4.69) is 22.3 Å². The molecule has 5 heteroatoms. The molecule has 0 radical (unpaired) electrons. The summed E-state index contributed by atoms with van der Waals surface area (Å²) in [4.78, 5) is 11.3. The summed E-state index contributed by atoms with van der Waals surface area (Å²) in [5.74, 6) is 0.284. The minimum Gasteiger partial charge on any atom is -0.368 e. The van der Waals surface area contributed by atoms with Crippen LogP contribution in [-0.4, -0.2) is 28.3 Å². The zero-order chi connectivity index (χ0) is 13.9. The molecular weight excluding hydrogens is 252 g/mol. The third-order valence-corrected chi connectivity index (χ3v) is 4.72. The van der Waals surface area contributed by atoms with E-state index >= 15 is 0 Å². The highest BCUT2D eigenvalue weighted by Gasteiger charge is 2.26. The number of nitrogens with one attached hydrogen (secondary N) is 1. The molecule has 2 aliphatic rings. The second-order valence-electron chi connectivity index (χ2n) is 6.23. The molecule has 1 aliphatic carbocycles. The number of rotatable bonds is 4. The van der Waals surface area contributed by atoms with E-state index in [4.69, 9.17) is 10.8 Å². The van der Waals surface area contributed by atoms with E-state index in [1.165, 1.54) is 25.7 Å². The van der Waals surface area contributed by atoms with Crippen molar-refractivity contribution >= 4 is 5.91 Å². The van der Waals surface area contributed by atoms with Gasteiger partial charge in [0, 0.05) is 6.20 Å². The lowest BCUT2D eigenvalue weighted by Gasteiger charge is -2.27.